The first-order valence-electron chi connectivity index (χ1n) is 6.03. The molecule has 6 heteroatoms. The van der Waals surface area contributed by atoms with E-state index in [4.69, 9.17) is 0 Å². The van der Waals surface area contributed by atoms with Crippen LogP contribution in [0.4, 0.5) is 5.82 Å². The number of nitrogens with zero attached hydrogens (tertiary/aromatic N) is 5. The zero-order valence-electron chi connectivity index (χ0n) is 10.8. The van der Waals surface area contributed by atoms with Crippen LogP contribution in [0.25, 0.3) is 11.0 Å². The second-order valence-corrected chi connectivity index (χ2v) is 4.34. The van der Waals surface area contributed by atoms with Gasteiger partial charge in [-0.1, -0.05) is 6.07 Å². The topological polar surface area (TPSA) is 68.5 Å². The second-order valence-electron chi connectivity index (χ2n) is 4.34. The van der Waals surface area contributed by atoms with Crippen LogP contribution in [0.1, 0.15) is 11.3 Å². The van der Waals surface area contributed by atoms with Crippen LogP contribution in [0.3, 0.4) is 0 Å². The predicted octanol–water partition coefficient (Wildman–Crippen LogP) is 1.68. The summed E-state index contributed by atoms with van der Waals surface area (Å²) in [5, 5.41) is 7.67. The van der Waals surface area contributed by atoms with E-state index in [1.165, 1.54) is 0 Å². The highest BCUT2D eigenvalue weighted by molar-refractivity contribution is 5.87. The summed E-state index contributed by atoms with van der Waals surface area (Å²) in [6.07, 6.45) is 5.15. The Bertz CT molecular complexity index is 704. The number of anilines is 1. The molecule has 0 atom stereocenters. The summed E-state index contributed by atoms with van der Waals surface area (Å²) in [7, 11) is 1.90. The highest BCUT2D eigenvalue weighted by atomic mass is 15.3. The van der Waals surface area contributed by atoms with Crippen molar-refractivity contribution in [1.82, 2.24) is 24.7 Å². The van der Waals surface area contributed by atoms with Crippen molar-refractivity contribution in [1.29, 1.82) is 0 Å². The molecule has 19 heavy (non-hydrogen) atoms. The summed E-state index contributed by atoms with van der Waals surface area (Å²) < 4.78 is 1.80. The SMILES string of the molecule is Cc1nn(C)c2c(NCc3cccnc3)ncnc12. The maximum atomic E-state index is 4.37. The number of hydrogen-bond donors (Lipinski definition) is 1. The van der Waals surface area contributed by atoms with E-state index in [1.54, 1.807) is 17.2 Å². The predicted molar refractivity (Wildman–Crippen MR) is 72.6 cm³/mol. The summed E-state index contributed by atoms with van der Waals surface area (Å²) in [5.41, 5.74) is 3.81. The molecular weight excluding hydrogens is 240 g/mol. The summed E-state index contributed by atoms with van der Waals surface area (Å²) in [5.74, 6) is 0.789. The van der Waals surface area contributed by atoms with Gasteiger partial charge < -0.3 is 5.32 Å². The molecule has 0 aliphatic carbocycles. The number of pyridine rings is 1. The summed E-state index contributed by atoms with van der Waals surface area (Å²) >= 11 is 0. The Morgan fingerprint density at radius 2 is 2.21 bits per heavy atom. The molecule has 96 valence electrons. The van der Waals surface area contributed by atoms with Gasteiger partial charge >= 0.3 is 0 Å². The Hall–Kier alpha value is -2.50. The van der Waals surface area contributed by atoms with Gasteiger partial charge in [-0.25, -0.2) is 9.97 Å². The summed E-state index contributed by atoms with van der Waals surface area (Å²) in [6, 6.07) is 3.94. The molecule has 0 saturated carbocycles. The van der Waals surface area contributed by atoms with Crippen molar-refractivity contribution in [2.24, 2.45) is 7.05 Å². The first-order chi connectivity index (χ1) is 9.25. The fourth-order valence-electron chi connectivity index (χ4n) is 2.09. The van der Waals surface area contributed by atoms with Gasteiger partial charge in [0.1, 0.15) is 17.4 Å². The van der Waals surface area contributed by atoms with E-state index < -0.39 is 0 Å². The van der Waals surface area contributed by atoms with Gasteiger partial charge in [-0.3, -0.25) is 9.67 Å². The van der Waals surface area contributed by atoms with Crippen LogP contribution in [0.5, 0.6) is 0 Å². The number of hydrogen-bond acceptors (Lipinski definition) is 5. The van der Waals surface area contributed by atoms with Gasteiger partial charge in [0, 0.05) is 26.0 Å². The van der Waals surface area contributed by atoms with Crippen molar-refractivity contribution in [3.05, 3.63) is 42.1 Å². The lowest BCUT2D eigenvalue weighted by Crippen LogP contribution is -2.04. The largest absolute Gasteiger partial charge is 0.364 e. The molecule has 0 aromatic carbocycles. The van der Waals surface area contributed by atoms with E-state index in [0.29, 0.717) is 6.54 Å². The summed E-state index contributed by atoms with van der Waals surface area (Å²) in [4.78, 5) is 12.7. The van der Waals surface area contributed by atoms with E-state index >= 15 is 0 Å². The van der Waals surface area contributed by atoms with Gasteiger partial charge in [0.2, 0.25) is 0 Å². The van der Waals surface area contributed by atoms with Gasteiger partial charge in [-0.15, -0.1) is 0 Å². The van der Waals surface area contributed by atoms with Crippen LogP contribution >= 0.6 is 0 Å². The van der Waals surface area contributed by atoms with Crippen molar-refractivity contribution < 1.29 is 0 Å². The molecule has 0 aliphatic heterocycles. The first-order valence-corrected chi connectivity index (χ1v) is 6.03. The molecule has 3 aromatic rings. The van der Waals surface area contributed by atoms with Gasteiger partial charge in [-0.2, -0.15) is 5.10 Å². The Kier molecular flexibility index (Phi) is 2.83. The lowest BCUT2D eigenvalue weighted by molar-refractivity contribution is 0.782. The van der Waals surface area contributed by atoms with E-state index in [-0.39, 0.29) is 0 Å². The zero-order valence-corrected chi connectivity index (χ0v) is 10.8. The van der Waals surface area contributed by atoms with Gasteiger partial charge in [0.25, 0.3) is 0 Å². The minimum Gasteiger partial charge on any atom is -0.364 e. The van der Waals surface area contributed by atoms with Crippen LogP contribution in [0, 0.1) is 6.92 Å². The fraction of sp³-hybridized carbons (Fsp3) is 0.231. The third-order valence-corrected chi connectivity index (χ3v) is 2.97. The second kappa shape index (κ2) is 4.64. The zero-order chi connectivity index (χ0) is 13.2. The maximum absolute atomic E-state index is 4.37. The normalized spacial score (nSPS) is 10.8. The lowest BCUT2D eigenvalue weighted by atomic mass is 10.3. The van der Waals surface area contributed by atoms with Gasteiger partial charge in [0.05, 0.1) is 5.69 Å². The average molecular weight is 254 g/mol. The van der Waals surface area contributed by atoms with E-state index in [2.05, 4.69) is 25.4 Å². The Morgan fingerprint density at radius 1 is 1.32 bits per heavy atom. The first kappa shape index (κ1) is 11.6. The molecule has 0 radical (unpaired) electrons. The summed E-state index contributed by atoms with van der Waals surface area (Å²) in [6.45, 7) is 2.62. The highest BCUT2D eigenvalue weighted by Gasteiger charge is 2.11. The smallest absolute Gasteiger partial charge is 0.155 e. The van der Waals surface area contributed by atoms with Crippen molar-refractivity contribution in [3.8, 4) is 0 Å². The average Bonchev–Trinajstić information content (AvgIpc) is 2.74. The number of aryl methyl sites for hydroxylation is 2. The molecule has 3 heterocycles. The Morgan fingerprint density at radius 3 is 3.00 bits per heavy atom. The molecule has 0 saturated heterocycles. The minimum atomic E-state index is 0.671. The van der Waals surface area contributed by atoms with E-state index in [1.807, 2.05) is 32.3 Å². The molecular formula is C13H14N6. The minimum absolute atomic E-state index is 0.671. The number of rotatable bonds is 3. The highest BCUT2D eigenvalue weighted by Crippen LogP contribution is 2.21. The third-order valence-electron chi connectivity index (χ3n) is 2.97. The Labute approximate surface area is 110 Å². The molecule has 3 rings (SSSR count). The van der Waals surface area contributed by atoms with Crippen LogP contribution in [0.15, 0.2) is 30.9 Å². The molecule has 0 aliphatic rings. The van der Waals surface area contributed by atoms with Crippen LogP contribution in [-0.2, 0) is 13.6 Å². The standard InChI is InChI=1S/C13H14N6/c1-9-11-12(19(2)18-9)13(17-8-16-11)15-7-10-4-3-5-14-6-10/h3-6,8H,7H2,1-2H3,(H,15,16,17). The number of aromatic nitrogens is 5. The van der Waals surface area contributed by atoms with Gasteiger partial charge in [-0.05, 0) is 18.6 Å². The fourth-order valence-corrected chi connectivity index (χ4v) is 2.09. The maximum Gasteiger partial charge on any atom is 0.155 e. The third kappa shape index (κ3) is 2.12. The van der Waals surface area contributed by atoms with E-state index in [9.17, 15) is 0 Å². The lowest BCUT2D eigenvalue weighted by Gasteiger charge is -2.07. The number of nitrogens with one attached hydrogen (secondary N) is 1. The van der Waals surface area contributed by atoms with Crippen molar-refractivity contribution in [2.45, 2.75) is 13.5 Å². The molecule has 0 spiro atoms. The van der Waals surface area contributed by atoms with Crippen LogP contribution in [-0.4, -0.2) is 24.7 Å². The quantitative estimate of drug-likeness (QED) is 0.770. The van der Waals surface area contributed by atoms with Crippen LogP contribution < -0.4 is 5.32 Å². The monoisotopic (exact) mass is 254 g/mol. The van der Waals surface area contributed by atoms with Crippen molar-refractivity contribution in [2.75, 3.05) is 5.32 Å². The van der Waals surface area contributed by atoms with Crippen LogP contribution in [0.2, 0.25) is 0 Å². The molecule has 0 unspecified atom stereocenters. The Balaban J connectivity index is 1.93. The number of fused-ring (bicyclic) bond motifs is 1. The van der Waals surface area contributed by atoms with E-state index in [0.717, 1.165) is 28.1 Å². The molecule has 0 bridgehead atoms. The molecule has 6 nitrogen and oxygen atoms in total. The molecule has 3 aromatic heterocycles. The van der Waals surface area contributed by atoms with Crippen molar-refractivity contribution >= 4 is 16.9 Å². The van der Waals surface area contributed by atoms with Gasteiger partial charge in [0.15, 0.2) is 5.82 Å². The van der Waals surface area contributed by atoms with Crippen molar-refractivity contribution in [3.63, 3.8) is 0 Å². The molecule has 0 fully saturated rings. The molecule has 0 amide bonds. The molecule has 1 N–H and O–H groups in total.